The zero-order valence-electron chi connectivity index (χ0n) is 7.25. The third-order valence-electron chi connectivity index (χ3n) is 2.77. The van der Waals surface area contributed by atoms with E-state index in [0.29, 0.717) is 0 Å². The first-order chi connectivity index (χ1) is 6.16. The predicted molar refractivity (Wildman–Crippen MR) is 54.2 cm³/mol. The molecule has 2 aliphatic rings. The van der Waals surface area contributed by atoms with Crippen LogP contribution in [0.15, 0.2) is 22.7 Å². The molecule has 13 heavy (non-hydrogen) atoms. The summed E-state index contributed by atoms with van der Waals surface area (Å²) in [5.41, 5.74) is 5.90. The Morgan fingerprint density at radius 3 is 3.08 bits per heavy atom. The van der Waals surface area contributed by atoms with Crippen LogP contribution < -0.4 is 10.9 Å². The first-order valence-electron chi connectivity index (χ1n) is 4.20. The largest absolute Gasteiger partial charge is 0.302 e. The molecule has 3 nitrogen and oxygen atoms in total. The second-order valence-corrected chi connectivity index (χ2v) is 4.55. The van der Waals surface area contributed by atoms with Crippen LogP contribution in [0.5, 0.6) is 0 Å². The third kappa shape index (κ3) is 1.29. The van der Waals surface area contributed by atoms with E-state index in [1.54, 1.807) is 0 Å². The topological polar surface area (TPSA) is 41.1 Å². The summed E-state index contributed by atoms with van der Waals surface area (Å²) >= 11 is 3.42. The Morgan fingerprint density at radius 2 is 2.38 bits per heavy atom. The zero-order chi connectivity index (χ0) is 9.47. The number of carbonyl (C=O) groups is 1. The number of hydrogen-bond donors (Lipinski definition) is 2. The quantitative estimate of drug-likeness (QED) is 0.672. The highest BCUT2D eigenvalue weighted by Crippen LogP contribution is 2.37. The van der Waals surface area contributed by atoms with Crippen LogP contribution in [-0.2, 0) is 4.79 Å². The second kappa shape index (κ2) is 3.04. The minimum absolute atomic E-state index is 0.157. The maximum absolute atomic E-state index is 10.8. The molecule has 0 aromatic carbocycles. The summed E-state index contributed by atoms with van der Waals surface area (Å²) in [5, 5.41) is 0. The van der Waals surface area contributed by atoms with E-state index < -0.39 is 0 Å². The Bertz CT molecular complexity index is 292. The molecule has 1 aliphatic carbocycles. The zero-order valence-corrected chi connectivity index (χ0v) is 8.84. The van der Waals surface area contributed by atoms with E-state index >= 15 is 0 Å². The lowest BCUT2D eigenvalue weighted by Gasteiger charge is -2.30. The van der Waals surface area contributed by atoms with Crippen LogP contribution in [0.25, 0.3) is 0 Å². The van der Waals surface area contributed by atoms with Crippen LogP contribution in [0.2, 0.25) is 0 Å². The normalized spacial score (nSPS) is 42.8. The molecular weight excluding hydrogens is 232 g/mol. The summed E-state index contributed by atoms with van der Waals surface area (Å²) in [6.07, 6.45) is 7.07. The van der Waals surface area contributed by atoms with Gasteiger partial charge in [0.25, 0.3) is 0 Å². The SMILES string of the molecule is CC12C=C(Br)C=CC1NNC2C=O. The number of fused-ring (bicyclic) bond motifs is 1. The van der Waals surface area contributed by atoms with Gasteiger partial charge in [0.05, 0.1) is 12.1 Å². The number of allylic oxidation sites excluding steroid dienone is 2. The van der Waals surface area contributed by atoms with E-state index in [9.17, 15) is 4.79 Å². The van der Waals surface area contributed by atoms with Crippen molar-refractivity contribution in [2.24, 2.45) is 5.41 Å². The molecule has 70 valence electrons. The molecule has 1 fully saturated rings. The fourth-order valence-corrected chi connectivity index (χ4v) is 2.48. The van der Waals surface area contributed by atoms with Crippen LogP contribution in [-0.4, -0.2) is 18.4 Å². The molecule has 0 radical (unpaired) electrons. The molecule has 3 unspecified atom stereocenters. The highest BCUT2D eigenvalue weighted by atomic mass is 79.9. The summed E-state index contributed by atoms with van der Waals surface area (Å²) < 4.78 is 1.03. The molecule has 2 rings (SSSR count). The second-order valence-electron chi connectivity index (χ2n) is 3.63. The molecule has 2 N–H and O–H groups in total. The summed E-state index contributed by atoms with van der Waals surface area (Å²) in [7, 11) is 0. The standard InChI is InChI=1S/C9H11BrN2O/c1-9-4-6(10)2-3-7(9)11-12-8(9)5-13/h2-5,7-8,11-12H,1H3. The average Bonchev–Trinajstić information content (AvgIpc) is 2.40. The Hall–Kier alpha value is -0.450. The summed E-state index contributed by atoms with van der Waals surface area (Å²) in [5.74, 6) is 0. The fraction of sp³-hybridized carbons (Fsp3) is 0.444. The smallest absolute Gasteiger partial charge is 0.139 e. The fourth-order valence-electron chi connectivity index (χ4n) is 1.83. The lowest BCUT2D eigenvalue weighted by Crippen LogP contribution is -2.38. The molecule has 1 heterocycles. The number of rotatable bonds is 1. The number of aldehydes is 1. The molecular formula is C9H11BrN2O. The number of carbonyl (C=O) groups excluding carboxylic acids is 1. The molecule has 1 saturated heterocycles. The number of hydrogen-bond acceptors (Lipinski definition) is 3. The van der Waals surface area contributed by atoms with Crippen molar-refractivity contribution in [3.8, 4) is 0 Å². The van der Waals surface area contributed by atoms with Gasteiger partial charge in [-0.25, -0.2) is 10.9 Å². The molecule has 1 aliphatic heterocycles. The van der Waals surface area contributed by atoms with E-state index in [0.717, 1.165) is 10.8 Å². The van der Waals surface area contributed by atoms with Gasteiger partial charge in [0, 0.05) is 9.90 Å². The Balaban J connectivity index is 2.37. The average molecular weight is 243 g/mol. The van der Waals surface area contributed by atoms with E-state index in [1.807, 2.05) is 6.08 Å². The van der Waals surface area contributed by atoms with Gasteiger partial charge >= 0.3 is 0 Å². The summed E-state index contributed by atoms with van der Waals surface area (Å²) in [4.78, 5) is 10.8. The van der Waals surface area contributed by atoms with Gasteiger partial charge in [-0.2, -0.15) is 0 Å². The Labute approximate surface area is 85.4 Å². The van der Waals surface area contributed by atoms with Gasteiger partial charge in [0.1, 0.15) is 6.29 Å². The van der Waals surface area contributed by atoms with E-state index in [2.05, 4.69) is 45.9 Å². The van der Waals surface area contributed by atoms with E-state index in [1.165, 1.54) is 0 Å². The van der Waals surface area contributed by atoms with Crippen molar-refractivity contribution >= 4 is 22.2 Å². The summed E-state index contributed by atoms with van der Waals surface area (Å²) in [6.45, 7) is 2.06. The first kappa shape index (κ1) is 9.12. The van der Waals surface area contributed by atoms with Crippen molar-refractivity contribution in [3.05, 3.63) is 22.7 Å². The Kier molecular flexibility index (Phi) is 2.14. The Morgan fingerprint density at radius 1 is 1.62 bits per heavy atom. The predicted octanol–water partition coefficient (Wildman–Crippen LogP) is 0.885. The molecule has 0 bridgehead atoms. The van der Waals surface area contributed by atoms with Crippen LogP contribution in [0, 0.1) is 5.41 Å². The molecule has 0 saturated carbocycles. The maximum Gasteiger partial charge on any atom is 0.139 e. The van der Waals surface area contributed by atoms with Gasteiger partial charge in [-0.3, -0.25) is 0 Å². The number of hydrazine groups is 1. The molecule has 4 heteroatoms. The summed E-state index contributed by atoms with van der Waals surface area (Å²) in [6, 6.07) is 0.0407. The molecule has 0 amide bonds. The van der Waals surface area contributed by atoms with Crippen molar-refractivity contribution in [2.45, 2.75) is 19.0 Å². The van der Waals surface area contributed by atoms with Crippen molar-refractivity contribution in [1.29, 1.82) is 0 Å². The van der Waals surface area contributed by atoms with Crippen LogP contribution in [0.4, 0.5) is 0 Å². The lowest BCUT2D eigenvalue weighted by molar-refractivity contribution is -0.110. The van der Waals surface area contributed by atoms with Crippen molar-refractivity contribution in [1.82, 2.24) is 10.9 Å². The monoisotopic (exact) mass is 242 g/mol. The van der Waals surface area contributed by atoms with Gasteiger partial charge in [-0.1, -0.05) is 41.1 Å². The first-order valence-corrected chi connectivity index (χ1v) is 4.99. The molecule has 0 aromatic rings. The van der Waals surface area contributed by atoms with Gasteiger partial charge < -0.3 is 4.79 Å². The van der Waals surface area contributed by atoms with E-state index in [4.69, 9.17) is 0 Å². The highest BCUT2D eigenvalue weighted by Gasteiger charge is 2.45. The van der Waals surface area contributed by atoms with Gasteiger partial charge in [0.2, 0.25) is 0 Å². The van der Waals surface area contributed by atoms with Gasteiger partial charge in [-0.15, -0.1) is 0 Å². The minimum Gasteiger partial charge on any atom is -0.302 e. The molecule has 0 aromatic heterocycles. The van der Waals surface area contributed by atoms with Crippen LogP contribution >= 0.6 is 15.9 Å². The van der Waals surface area contributed by atoms with E-state index in [-0.39, 0.29) is 17.5 Å². The van der Waals surface area contributed by atoms with Gasteiger partial charge in [0.15, 0.2) is 0 Å². The number of halogens is 1. The molecule has 0 spiro atoms. The lowest BCUT2D eigenvalue weighted by atomic mass is 9.76. The third-order valence-corrected chi connectivity index (χ3v) is 3.26. The number of nitrogens with one attached hydrogen (secondary N) is 2. The van der Waals surface area contributed by atoms with Crippen LogP contribution in [0.3, 0.4) is 0 Å². The van der Waals surface area contributed by atoms with Crippen LogP contribution in [0.1, 0.15) is 6.92 Å². The van der Waals surface area contributed by atoms with Crippen molar-refractivity contribution in [3.63, 3.8) is 0 Å². The highest BCUT2D eigenvalue weighted by molar-refractivity contribution is 9.11. The van der Waals surface area contributed by atoms with Crippen molar-refractivity contribution < 1.29 is 4.79 Å². The van der Waals surface area contributed by atoms with Gasteiger partial charge in [-0.05, 0) is 0 Å². The molecule has 3 atom stereocenters. The van der Waals surface area contributed by atoms with Crippen molar-refractivity contribution in [2.75, 3.05) is 0 Å². The maximum atomic E-state index is 10.8. The minimum atomic E-state index is -0.157.